The van der Waals surface area contributed by atoms with Crippen LogP contribution in [-0.2, 0) is 16.0 Å². The number of carboxylic acids is 1. The van der Waals surface area contributed by atoms with Crippen molar-refractivity contribution in [2.24, 2.45) is 0 Å². The van der Waals surface area contributed by atoms with E-state index >= 15 is 0 Å². The number of carboxylic acid groups (broad SMARTS) is 1. The molecule has 0 saturated heterocycles. The highest BCUT2D eigenvalue weighted by molar-refractivity contribution is 7.18. The number of unbranched alkanes of at least 4 members (excludes halogenated alkanes) is 1. The van der Waals surface area contributed by atoms with Gasteiger partial charge in [-0.05, 0) is 44.7 Å². The molecule has 1 aromatic heterocycles. The van der Waals surface area contributed by atoms with Gasteiger partial charge in [0.1, 0.15) is 5.54 Å². The number of nitrogens with one attached hydrogen (secondary N) is 1. The zero-order chi connectivity index (χ0) is 16.9. The first-order valence-electron chi connectivity index (χ1n) is 7.83. The van der Waals surface area contributed by atoms with Crippen molar-refractivity contribution in [1.82, 2.24) is 10.3 Å². The number of thiazole rings is 1. The summed E-state index contributed by atoms with van der Waals surface area (Å²) in [4.78, 5) is 27.6. The van der Waals surface area contributed by atoms with Gasteiger partial charge in [-0.25, -0.2) is 9.78 Å². The number of benzene rings is 1. The maximum atomic E-state index is 11.9. The van der Waals surface area contributed by atoms with Gasteiger partial charge in [-0.3, -0.25) is 4.79 Å². The van der Waals surface area contributed by atoms with E-state index in [1.165, 1.54) is 11.6 Å². The highest BCUT2D eigenvalue weighted by atomic mass is 32.1. The highest BCUT2D eigenvalue weighted by Crippen LogP contribution is 2.22. The first-order valence-corrected chi connectivity index (χ1v) is 8.65. The number of hydrogen-bond acceptors (Lipinski definition) is 4. The zero-order valence-electron chi connectivity index (χ0n) is 13.5. The molecule has 1 heterocycles. The molecule has 0 fully saturated rings. The average Bonchev–Trinajstić information content (AvgIpc) is 2.94. The minimum Gasteiger partial charge on any atom is -0.480 e. The number of amides is 1. The number of carbonyl (C=O) groups excluding carboxylic acids is 1. The van der Waals surface area contributed by atoms with Gasteiger partial charge >= 0.3 is 5.97 Å². The van der Waals surface area contributed by atoms with Crippen molar-refractivity contribution in [2.45, 2.75) is 51.5 Å². The molecule has 1 atom stereocenters. The minimum absolute atomic E-state index is 0.207. The van der Waals surface area contributed by atoms with Crippen molar-refractivity contribution in [3.8, 4) is 0 Å². The molecule has 0 aliphatic carbocycles. The third-order valence-corrected chi connectivity index (χ3v) is 5.07. The average molecular weight is 334 g/mol. The van der Waals surface area contributed by atoms with Crippen molar-refractivity contribution in [3.05, 3.63) is 29.3 Å². The van der Waals surface area contributed by atoms with E-state index < -0.39 is 11.5 Å². The van der Waals surface area contributed by atoms with Crippen LogP contribution in [0.1, 0.15) is 44.5 Å². The van der Waals surface area contributed by atoms with Crippen molar-refractivity contribution in [1.29, 1.82) is 0 Å². The largest absolute Gasteiger partial charge is 0.480 e. The van der Waals surface area contributed by atoms with E-state index in [1.54, 1.807) is 18.3 Å². The number of fused-ring (bicyclic) bond motifs is 1. The fraction of sp³-hybridized carbons (Fsp3) is 0.471. The first kappa shape index (κ1) is 17.4. The Hall–Kier alpha value is -1.95. The van der Waals surface area contributed by atoms with Gasteiger partial charge in [0, 0.05) is 6.42 Å². The Kier molecular flexibility index (Phi) is 5.71. The standard InChI is InChI=1S/C17H22N2O3S/c1-3-17(2,16(21)22)19-14(20)10-6-7-11-15-18-12-8-4-5-9-13(12)23-15/h4-5,8-9H,3,6-7,10-11H2,1-2H3,(H,19,20)(H,21,22). The van der Waals surface area contributed by atoms with E-state index in [9.17, 15) is 9.59 Å². The lowest BCUT2D eigenvalue weighted by molar-refractivity contribution is -0.147. The fourth-order valence-corrected chi connectivity index (χ4v) is 3.26. The van der Waals surface area contributed by atoms with E-state index in [0.717, 1.165) is 29.8 Å². The third kappa shape index (κ3) is 4.51. The predicted octanol–water partition coefficient (Wildman–Crippen LogP) is 3.38. The minimum atomic E-state index is -1.18. The normalized spacial score (nSPS) is 13.7. The maximum Gasteiger partial charge on any atom is 0.329 e. The molecule has 1 amide bonds. The van der Waals surface area contributed by atoms with Crippen LogP contribution >= 0.6 is 11.3 Å². The van der Waals surface area contributed by atoms with Crippen LogP contribution in [0, 0.1) is 0 Å². The van der Waals surface area contributed by atoms with Crippen LogP contribution in [0.3, 0.4) is 0 Å². The summed E-state index contributed by atoms with van der Waals surface area (Å²) < 4.78 is 1.18. The van der Waals surface area contributed by atoms with Crippen LogP contribution in [0.15, 0.2) is 24.3 Å². The molecule has 1 unspecified atom stereocenters. The van der Waals surface area contributed by atoms with E-state index in [1.807, 2.05) is 18.2 Å². The Balaban J connectivity index is 1.76. The van der Waals surface area contributed by atoms with Gasteiger partial charge in [-0.15, -0.1) is 11.3 Å². The van der Waals surface area contributed by atoms with E-state index in [0.29, 0.717) is 12.8 Å². The maximum absolute atomic E-state index is 11.9. The Morgan fingerprint density at radius 3 is 2.70 bits per heavy atom. The van der Waals surface area contributed by atoms with Gasteiger partial charge in [0.2, 0.25) is 5.91 Å². The van der Waals surface area contributed by atoms with Crippen LogP contribution in [0.5, 0.6) is 0 Å². The number of aromatic nitrogens is 1. The molecule has 6 heteroatoms. The lowest BCUT2D eigenvalue weighted by atomic mass is 9.99. The molecule has 0 aliphatic heterocycles. The summed E-state index contributed by atoms with van der Waals surface area (Å²) in [5.41, 5.74) is -0.158. The Labute approximate surface area is 139 Å². The number of hydrogen-bond donors (Lipinski definition) is 2. The molecule has 0 spiro atoms. The molecule has 124 valence electrons. The van der Waals surface area contributed by atoms with Gasteiger partial charge < -0.3 is 10.4 Å². The van der Waals surface area contributed by atoms with Crippen LogP contribution < -0.4 is 5.32 Å². The topological polar surface area (TPSA) is 79.3 Å². The zero-order valence-corrected chi connectivity index (χ0v) is 14.3. The summed E-state index contributed by atoms with van der Waals surface area (Å²) >= 11 is 1.68. The van der Waals surface area contributed by atoms with Crippen LogP contribution in [0.25, 0.3) is 10.2 Å². The van der Waals surface area contributed by atoms with E-state index in [-0.39, 0.29) is 5.91 Å². The second-order valence-corrected chi connectivity index (χ2v) is 6.94. The molecule has 1 aromatic carbocycles. The molecule has 2 rings (SSSR count). The molecule has 0 aliphatic rings. The van der Waals surface area contributed by atoms with E-state index in [2.05, 4.69) is 16.4 Å². The monoisotopic (exact) mass is 334 g/mol. The molecule has 0 bridgehead atoms. The molecule has 23 heavy (non-hydrogen) atoms. The summed E-state index contributed by atoms with van der Waals surface area (Å²) in [5.74, 6) is -1.20. The van der Waals surface area contributed by atoms with Crippen molar-refractivity contribution in [2.75, 3.05) is 0 Å². The molecule has 0 radical (unpaired) electrons. The Bertz CT molecular complexity index is 665. The molecular formula is C17H22N2O3S. The summed E-state index contributed by atoms with van der Waals surface area (Å²) in [6, 6.07) is 8.03. The Morgan fingerprint density at radius 1 is 1.30 bits per heavy atom. The fourth-order valence-electron chi connectivity index (χ4n) is 2.25. The molecule has 0 saturated carbocycles. The van der Waals surface area contributed by atoms with E-state index in [4.69, 9.17) is 5.11 Å². The van der Waals surface area contributed by atoms with Gasteiger partial charge in [-0.1, -0.05) is 19.1 Å². The smallest absolute Gasteiger partial charge is 0.329 e. The van der Waals surface area contributed by atoms with Crippen molar-refractivity contribution < 1.29 is 14.7 Å². The lowest BCUT2D eigenvalue weighted by Crippen LogP contribution is -2.51. The van der Waals surface area contributed by atoms with Crippen LogP contribution in [0.4, 0.5) is 0 Å². The summed E-state index contributed by atoms with van der Waals surface area (Å²) in [6.45, 7) is 3.29. The summed E-state index contributed by atoms with van der Waals surface area (Å²) in [6.07, 6.45) is 3.13. The molecule has 2 N–H and O–H groups in total. The lowest BCUT2D eigenvalue weighted by Gasteiger charge is -2.24. The van der Waals surface area contributed by atoms with Gasteiger partial charge in [-0.2, -0.15) is 0 Å². The van der Waals surface area contributed by atoms with Gasteiger partial charge in [0.25, 0.3) is 0 Å². The third-order valence-electron chi connectivity index (χ3n) is 3.98. The SMILES string of the molecule is CCC(C)(NC(=O)CCCCc1nc2ccccc2s1)C(=O)O. The number of aliphatic carboxylic acids is 1. The van der Waals surface area contributed by atoms with Crippen LogP contribution in [-0.4, -0.2) is 27.5 Å². The highest BCUT2D eigenvalue weighted by Gasteiger charge is 2.32. The summed E-state index contributed by atoms with van der Waals surface area (Å²) in [7, 11) is 0. The van der Waals surface area contributed by atoms with Gasteiger partial charge in [0.05, 0.1) is 15.2 Å². The quantitative estimate of drug-likeness (QED) is 0.725. The number of aryl methyl sites for hydroxylation is 1. The second-order valence-electron chi connectivity index (χ2n) is 5.82. The van der Waals surface area contributed by atoms with Crippen molar-refractivity contribution >= 4 is 33.4 Å². The molecular weight excluding hydrogens is 312 g/mol. The number of rotatable bonds is 8. The van der Waals surface area contributed by atoms with Crippen LogP contribution in [0.2, 0.25) is 0 Å². The Morgan fingerprint density at radius 2 is 2.04 bits per heavy atom. The number of nitrogens with zero attached hydrogens (tertiary/aromatic N) is 1. The first-order chi connectivity index (χ1) is 10.9. The van der Waals surface area contributed by atoms with Gasteiger partial charge in [0.15, 0.2) is 0 Å². The molecule has 2 aromatic rings. The number of para-hydroxylation sites is 1. The predicted molar refractivity (Wildman–Crippen MR) is 91.6 cm³/mol. The summed E-state index contributed by atoms with van der Waals surface area (Å²) in [5, 5.41) is 12.8. The second kappa shape index (κ2) is 7.55. The molecule has 5 nitrogen and oxygen atoms in total. The number of carbonyl (C=O) groups is 2. The van der Waals surface area contributed by atoms with Crippen molar-refractivity contribution in [3.63, 3.8) is 0 Å².